The molecule has 0 aromatic heterocycles. The first kappa shape index (κ1) is 10.8. The molecule has 0 spiro atoms. The minimum absolute atomic E-state index is 0.300. The number of carbonyl (C=O) groups is 1. The zero-order valence-corrected chi connectivity index (χ0v) is 9.31. The van der Waals surface area contributed by atoms with Gasteiger partial charge in [-0.1, -0.05) is 6.92 Å². The van der Waals surface area contributed by atoms with E-state index in [1.165, 1.54) is 6.07 Å². The van der Waals surface area contributed by atoms with Crippen LogP contribution in [0, 0.1) is 5.92 Å². The van der Waals surface area contributed by atoms with Crippen molar-refractivity contribution in [3.8, 4) is 0 Å². The van der Waals surface area contributed by atoms with E-state index < -0.39 is 5.97 Å². The fourth-order valence-electron chi connectivity index (χ4n) is 2.15. The quantitative estimate of drug-likeness (QED) is 0.746. The second-order valence-electron chi connectivity index (χ2n) is 4.42. The second kappa shape index (κ2) is 4.04. The van der Waals surface area contributed by atoms with Gasteiger partial charge in [0.25, 0.3) is 0 Å². The van der Waals surface area contributed by atoms with Crippen LogP contribution in [0.5, 0.6) is 0 Å². The number of anilines is 2. The smallest absolute Gasteiger partial charge is 0.337 e. The fourth-order valence-corrected chi connectivity index (χ4v) is 2.15. The van der Waals surface area contributed by atoms with Crippen LogP contribution in [0.3, 0.4) is 0 Å². The third-order valence-electron chi connectivity index (χ3n) is 3.02. The highest BCUT2D eigenvalue weighted by molar-refractivity contribution is 5.95. The molecule has 1 aliphatic heterocycles. The Balaban J connectivity index is 2.36. The van der Waals surface area contributed by atoms with E-state index in [1.807, 2.05) is 0 Å². The minimum Gasteiger partial charge on any atom is -0.478 e. The number of carboxylic acid groups (broad SMARTS) is 1. The normalized spacial score (nSPS) is 20.1. The van der Waals surface area contributed by atoms with Crippen LogP contribution in [-0.2, 0) is 0 Å². The Labute approximate surface area is 94.7 Å². The highest BCUT2D eigenvalue weighted by Gasteiger charge is 2.23. The van der Waals surface area contributed by atoms with Crippen molar-refractivity contribution >= 4 is 17.3 Å². The maximum Gasteiger partial charge on any atom is 0.337 e. The fraction of sp³-hybridized carbons (Fsp3) is 0.417. The second-order valence-corrected chi connectivity index (χ2v) is 4.42. The van der Waals surface area contributed by atoms with Crippen molar-refractivity contribution < 1.29 is 9.90 Å². The maximum atomic E-state index is 11.1. The lowest BCUT2D eigenvalue weighted by Crippen LogP contribution is -2.21. The van der Waals surface area contributed by atoms with Crippen LogP contribution in [0.2, 0.25) is 0 Å². The van der Waals surface area contributed by atoms with Crippen molar-refractivity contribution in [1.29, 1.82) is 0 Å². The summed E-state index contributed by atoms with van der Waals surface area (Å²) in [5.41, 5.74) is 7.19. The van der Waals surface area contributed by atoms with E-state index in [0.29, 0.717) is 17.2 Å². The molecule has 1 aromatic rings. The number of carboxylic acids is 1. The summed E-state index contributed by atoms with van der Waals surface area (Å²) < 4.78 is 0. The molecule has 1 aromatic carbocycles. The lowest BCUT2D eigenvalue weighted by Gasteiger charge is -2.20. The van der Waals surface area contributed by atoms with Crippen LogP contribution < -0.4 is 10.6 Å². The van der Waals surface area contributed by atoms with Crippen LogP contribution in [0.1, 0.15) is 23.7 Å². The third-order valence-corrected chi connectivity index (χ3v) is 3.02. The van der Waals surface area contributed by atoms with Crippen LogP contribution in [0.25, 0.3) is 0 Å². The Hall–Kier alpha value is -1.71. The Kier molecular flexibility index (Phi) is 2.73. The summed E-state index contributed by atoms with van der Waals surface area (Å²) in [5, 5.41) is 9.13. The molecule has 16 heavy (non-hydrogen) atoms. The molecule has 1 unspecified atom stereocenters. The Morgan fingerprint density at radius 2 is 2.31 bits per heavy atom. The molecule has 86 valence electrons. The van der Waals surface area contributed by atoms with Crippen molar-refractivity contribution in [3.63, 3.8) is 0 Å². The average molecular weight is 220 g/mol. The van der Waals surface area contributed by atoms with Gasteiger partial charge in [-0.05, 0) is 30.5 Å². The number of aromatic carboxylic acids is 1. The number of benzene rings is 1. The van der Waals surface area contributed by atoms with Gasteiger partial charge in [-0.2, -0.15) is 0 Å². The zero-order valence-electron chi connectivity index (χ0n) is 9.31. The molecule has 0 bridgehead atoms. The number of nitrogens with zero attached hydrogens (tertiary/aromatic N) is 1. The Morgan fingerprint density at radius 1 is 1.56 bits per heavy atom. The van der Waals surface area contributed by atoms with Crippen molar-refractivity contribution in [2.75, 3.05) is 23.7 Å². The topological polar surface area (TPSA) is 66.6 Å². The third kappa shape index (κ3) is 1.96. The van der Waals surface area contributed by atoms with Gasteiger partial charge < -0.3 is 15.7 Å². The molecular formula is C12H16N2O2. The predicted molar refractivity (Wildman–Crippen MR) is 63.8 cm³/mol. The van der Waals surface area contributed by atoms with E-state index in [4.69, 9.17) is 10.8 Å². The Morgan fingerprint density at radius 3 is 2.88 bits per heavy atom. The van der Waals surface area contributed by atoms with Gasteiger partial charge in [-0.15, -0.1) is 0 Å². The number of nitrogens with two attached hydrogens (primary N) is 1. The molecule has 0 amide bonds. The molecule has 1 heterocycles. The number of hydrogen-bond donors (Lipinski definition) is 2. The lowest BCUT2D eigenvalue weighted by atomic mass is 10.1. The van der Waals surface area contributed by atoms with Crippen LogP contribution in [0.4, 0.5) is 11.4 Å². The zero-order chi connectivity index (χ0) is 11.7. The predicted octanol–water partition coefficient (Wildman–Crippen LogP) is 1.81. The van der Waals surface area contributed by atoms with E-state index in [2.05, 4.69) is 11.8 Å². The van der Waals surface area contributed by atoms with Crippen molar-refractivity contribution in [3.05, 3.63) is 23.8 Å². The molecule has 2 rings (SSSR count). The van der Waals surface area contributed by atoms with E-state index in [-0.39, 0.29) is 0 Å². The van der Waals surface area contributed by atoms with Crippen LogP contribution >= 0.6 is 0 Å². The van der Waals surface area contributed by atoms with E-state index >= 15 is 0 Å². The molecule has 0 radical (unpaired) electrons. The monoisotopic (exact) mass is 220 g/mol. The summed E-state index contributed by atoms with van der Waals surface area (Å²) in [6.45, 7) is 4.02. The summed E-state index contributed by atoms with van der Waals surface area (Å²) in [4.78, 5) is 13.2. The summed E-state index contributed by atoms with van der Waals surface area (Å²) in [5.74, 6) is -0.291. The standard InChI is InChI=1S/C12H16N2O2/c1-8-4-5-14(7-8)11-3-2-9(13)6-10(11)12(15)16/h2-3,6,8H,4-5,7,13H2,1H3,(H,15,16). The molecule has 1 aliphatic rings. The van der Waals surface area contributed by atoms with Crippen LogP contribution in [-0.4, -0.2) is 24.2 Å². The van der Waals surface area contributed by atoms with Gasteiger partial charge in [0.2, 0.25) is 0 Å². The molecule has 1 atom stereocenters. The first-order chi connectivity index (χ1) is 7.58. The highest BCUT2D eigenvalue weighted by Crippen LogP contribution is 2.28. The molecule has 4 heteroatoms. The van der Waals surface area contributed by atoms with Crippen LogP contribution in [0.15, 0.2) is 18.2 Å². The summed E-state index contributed by atoms with van der Waals surface area (Å²) >= 11 is 0. The van der Waals surface area contributed by atoms with Crippen molar-refractivity contribution in [2.24, 2.45) is 5.92 Å². The maximum absolute atomic E-state index is 11.1. The SMILES string of the molecule is CC1CCN(c2ccc(N)cc2C(=O)O)C1. The molecule has 1 fully saturated rings. The number of hydrogen-bond acceptors (Lipinski definition) is 3. The highest BCUT2D eigenvalue weighted by atomic mass is 16.4. The van der Waals surface area contributed by atoms with Gasteiger partial charge >= 0.3 is 5.97 Å². The minimum atomic E-state index is -0.915. The summed E-state index contributed by atoms with van der Waals surface area (Å²) in [6, 6.07) is 5.09. The summed E-state index contributed by atoms with van der Waals surface area (Å²) in [7, 11) is 0. The Bertz CT molecular complexity index is 417. The largest absolute Gasteiger partial charge is 0.478 e. The summed E-state index contributed by atoms with van der Waals surface area (Å²) in [6.07, 6.45) is 1.11. The molecule has 3 N–H and O–H groups in total. The van der Waals surface area contributed by atoms with E-state index in [1.54, 1.807) is 12.1 Å². The van der Waals surface area contributed by atoms with Gasteiger partial charge in [0.05, 0.1) is 11.3 Å². The lowest BCUT2D eigenvalue weighted by molar-refractivity contribution is 0.0697. The molecule has 0 aliphatic carbocycles. The number of rotatable bonds is 2. The van der Waals surface area contributed by atoms with Crippen molar-refractivity contribution in [2.45, 2.75) is 13.3 Å². The van der Waals surface area contributed by atoms with Gasteiger partial charge in [-0.25, -0.2) is 4.79 Å². The van der Waals surface area contributed by atoms with Gasteiger partial charge in [0.15, 0.2) is 0 Å². The van der Waals surface area contributed by atoms with Gasteiger partial charge in [0.1, 0.15) is 0 Å². The van der Waals surface area contributed by atoms with E-state index in [9.17, 15) is 4.79 Å². The molecule has 1 saturated heterocycles. The molecule has 0 saturated carbocycles. The molecular weight excluding hydrogens is 204 g/mol. The first-order valence-electron chi connectivity index (χ1n) is 5.45. The first-order valence-corrected chi connectivity index (χ1v) is 5.45. The van der Waals surface area contributed by atoms with Gasteiger partial charge in [0, 0.05) is 18.8 Å². The van der Waals surface area contributed by atoms with Crippen molar-refractivity contribution in [1.82, 2.24) is 0 Å². The number of nitrogen functional groups attached to an aromatic ring is 1. The van der Waals surface area contributed by atoms with Gasteiger partial charge in [-0.3, -0.25) is 0 Å². The average Bonchev–Trinajstić information content (AvgIpc) is 2.64. The molecule has 4 nitrogen and oxygen atoms in total. The van der Waals surface area contributed by atoms with E-state index in [0.717, 1.165) is 25.2 Å².